The molecule has 1 unspecified atom stereocenters. The third-order valence-electron chi connectivity index (χ3n) is 3.55. The first-order valence-electron chi connectivity index (χ1n) is 6.47. The Balaban J connectivity index is 2.28. The van der Waals surface area contributed by atoms with Gasteiger partial charge in [-0.05, 0) is 54.2 Å². The normalized spacial score (nSPS) is 19.3. The predicted octanol–water partition coefficient (Wildman–Crippen LogP) is 3.15. The summed E-state index contributed by atoms with van der Waals surface area (Å²) in [5.41, 5.74) is 0.673. The third kappa shape index (κ3) is 3.20. The van der Waals surface area contributed by atoms with E-state index in [1.165, 1.54) is 13.2 Å². The number of halogens is 2. The van der Waals surface area contributed by atoms with Crippen LogP contribution in [-0.2, 0) is 6.42 Å². The summed E-state index contributed by atoms with van der Waals surface area (Å²) in [6.45, 7) is 2.01. The lowest BCUT2D eigenvalue weighted by atomic mass is 9.92. The van der Waals surface area contributed by atoms with Gasteiger partial charge < -0.3 is 14.8 Å². The highest BCUT2D eigenvalue weighted by Crippen LogP contribution is 2.40. The number of rotatable bonds is 4. The molecule has 0 spiro atoms. The van der Waals surface area contributed by atoms with Crippen LogP contribution < -0.4 is 14.8 Å². The Labute approximate surface area is 121 Å². The van der Waals surface area contributed by atoms with Gasteiger partial charge in [0, 0.05) is 11.6 Å². The molecule has 0 radical (unpaired) electrons. The van der Waals surface area contributed by atoms with Crippen molar-refractivity contribution in [2.75, 3.05) is 27.3 Å². The molecule has 19 heavy (non-hydrogen) atoms. The van der Waals surface area contributed by atoms with Crippen LogP contribution in [0.15, 0.2) is 10.5 Å². The van der Waals surface area contributed by atoms with Crippen LogP contribution in [0.1, 0.15) is 18.4 Å². The molecule has 1 N–H and O–H groups in total. The maximum Gasteiger partial charge on any atom is 0.175 e. The number of nitrogens with one attached hydrogen (secondary N) is 1. The van der Waals surface area contributed by atoms with Crippen LogP contribution in [0.2, 0.25) is 0 Å². The minimum absolute atomic E-state index is 0.241. The quantitative estimate of drug-likeness (QED) is 0.919. The molecule has 1 aromatic carbocycles. The standard InChI is InChI=1S/C14H19BrFNO2/c1-18-12-7-11(16)10(13(15)14(12)19-2)6-9-4-3-5-17-8-9/h7,9,17H,3-6,8H2,1-2H3. The molecule has 0 aromatic heterocycles. The Morgan fingerprint density at radius 2 is 2.21 bits per heavy atom. The number of ether oxygens (including phenoxy) is 2. The lowest BCUT2D eigenvalue weighted by molar-refractivity contribution is 0.345. The van der Waals surface area contributed by atoms with Crippen molar-refractivity contribution >= 4 is 15.9 Å². The van der Waals surface area contributed by atoms with Crippen LogP contribution in [0.5, 0.6) is 11.5 Å². The molecule has 1 aliphatic heterocycles. The maximum atomic E-state index is 14.2. The lowest BCUT2D eigenvalue weighted by Crippen LogP contribution is -2.31. The highest BCUT2D eigenvalue weighted by Gasteiger charge is 2.22. The van der Waals surface area contributed by atoms with Crippen molar-refractivity contribution in [3.63, 3.8) is 0 Å². The fourth-order valence-electron chi connectivity index (χ4n) is 2.53. The molecule has 2 rings (SSSR count). The fraction of sp³-hybridized carbons (Fsp3) is 0.571. The topological polar surface area (TPSA) is 30.5 Å². The first-order valence-corrected chi connectivity index (χ1v) is 7.26. The van der Waals surface area contributed by atoms with Gasteiger partial charge in [-0.2, -0.15) is 0 Å². The fourth-order valence-corrected chi connectivity index (χ4v) is 3.24. The highest BCUT2D eigenvalue weighted by atomic mass is 79.9. The summed E-state index contributed by atoms with van der Waals surface area (Å²) in [7, 11) is 3.07. The van der Waals surface area contributed by atoms with Gasteiger partial charge in [0.1, 0.15) is 5.82 Å². The molecular weight excluding hydrogens is 313 g/mol. The number of hydrogen-bond acceptors (Lipinski definition) is 3. The minimum atomic E-state index is -0.241. The summed E-state index contributed by atoms with van der Waals surface area (Å²) in [6, 6.07) is 1.40. The van der Waals surface area contributed by atoms with Crippen molar-refractivity contribution in [3.8, 4) is 11.5 Å². The van der Waals surface area contributed by atoms with Gasteiger partial charge in [-0.1, -0.05) is 0 Å². The number of piperidine rings is 1. The first-order chi connectivity index (χ1) is 9.17. The monoisotopic (exact) mass is 331 g/mol. The molecule has 3 nitrogen and oxygen atoms in total. The van der Waals surface area contributed by atoms with Crippen LogP contribution >= 0.6 is 15.9 Å². The second-order valence-electron chi connectivity index (χ2n) is 4.80. The van der Waals surface area contributed by atoms with Crippen molar-refractivity contribution < 1.29 is 13.9 Å². The molecule has 1 saturated heterocycles. The van der Waals surface area contributed by atoms with E-state index in [-0.39, 0.29) is 5.82 Å². The van der Waals surface area contributed by atoms with Crippen molar-refractivity contribution in [3.05, 3.63) is 21.9 Å². The SMILES string of the molecule is COc1cc(F)c(CC2CCCNC2)c(Br)c1OC. The van der Waals surface area contributed by atoms with E-state index in [2.05, 4.69) is 21.2 Å². The largest absolute Gasteiger partial charge is 0.493 e. The zero-order valence-corrected chi connectivity index (χ0v) is 12.8. The van der Waals surface area contributed by atoms with Crippen LogP contribution in [-0.4, -0.2) is 27.3 Å². The van der Waals surface area contributed by atoms with Crippen LogP contribution in [0.25, 0.3) is 0 Å². The van der Waals surface area contributed by atoms with Gasteiger partial charge in [-0.25, -0.2) is 4.39 Å². The molecule has 1 fully saturated rings. The van der Waals surface area contributed by atoms with E-state index < -0.39 is 0 Å². The summed E-state index contributed by atoms with van der Waals surface area (Å²) in [5, 5.41) is 3.35. The average Bonchev–Trinajstić information content (AvgIpc) is 2.44. The Morgan fingerprint density at radius 1 is 1.42 bits per heavy atom. The molecule has 1 aromatic rings. The number of methoxy groups -OCH3 is 2. The molecule has 0 bridgehead atoms. The average molecular weight is 332 g/mol. The lowest BCUT2D eigenvalue weighted by Gasteiger charge is -2.24. The van der Waals surface area contributed by atoms with E-state index in [1.54, 1.807) is 7.11 Å². The van der Waals surface area contributed by atoms with Crippen molar-refractivity contribution in [1.29, 1.82) is 0 Å². The third-order valence-corrected chi connectivity index (χ3v) is 4.39. The van der Waals surface area contributed by atoms with E-state index in [0.717, 1.165) is 25.9 Å². The van der Waals surface area contributed by atoms with Crippen molar-refractivity contribution in [2.24, 2.45) is 5.92 Å². The summed E-state index contributed by atoms with van der Waals surface area (Å²) >= 11 is 3.45. The highest BCUT2D eigenvalue weighted by molar-refractivity contribution is 9.10. The molecule has 0 amide bonds. The molecule has 1 atom stereocenters. The molecule has 5 heteroatoms. The van der Waals surface area contributed by atoms with Crippen LogP contribution in [0, 0.1) is 11.7 Å². The van der Waals surface area contributed by atoms with E-state index in [9.17, 15) is 4.39 Å². The second-order valence-corrected chi connectivity index (χ2v) is 5.60. The Kier molecular flexibility index (Phi) is 5.05. The Hall–Kier alpha value is -0.810. The van der Waals surface area contributed by atoms with Gasteiger partial charge in [-0.15, -0.1) is 0 Å². The zero-order chi connectivity index (χ0) is 13.8. The zero-order valence-electron chi connectivity index (χ0n) is 11.3. The number of hydrogen-bond donors (Lipinski definition) is 1. The predicted molar refractivity (Wildman–Crippen MR) is 76.5 cm³/mol. The van der Waals surface area contributed by atoms with Gasteiger partial charge >= 0.3 is 0 Å². The van der Waals surface area contributed by atoms with E-state index >= 15 is 0 Å². The Bertz CT molecular complexity index is 448. The van der Waals surface area contributed by atoms with Gasteiger partial charge in [0.05, 0.1) is 18.7 Å². The molecule has 0 saturated carbocycles. The summed E-state index contributed by atoms with van der Waals surface area (Å²) < 4.78 is 25.3. The second kappa shape index (κ2) is 6.57. The first kappa shape index (κ1) is 14.6. The van der Waals surface area contributed by atoms with Crippen molar-refractivity contribution in [1.82, 2.24) is 5.32 Å². The van der Waals surface area contributed by atoms with E-state index in [1.807, 2.05) is 0 Å². The summed E-state index contributed by atoms with van der Waals surface area (Å²) in [5.74, 6) is 1.20. The maximum absolute atomic E-state index is 14.2. The van der Waals surface area contributed by atoms with Crippen LogP contribution in [0.3, 0.4) is 0 Å². The van der Waals surface area contributed by atoms with E-state index in [4.69, 9.17) is 9.47 Å². The smallest absolute Gasteiger partial charge is 0.175 e. The van der Waals surface area contributed by atoms with Gasteiger partial charge in [-0.3, -0.25) is 0 Å². The Morgan fingerprint density at radius 3 is 2.79 bits per heavy atom. The van der Waals surface area contributed by atoms with Crippen LogP contribution in [0.4, 0.5) is 4.39 Å². The van der Waals surface area contributed by atoms with Gasteiger partial charge in [0.15, 0.2) is 11.5 Å². The summed E-state index contributed by atoms with van der Waals surface area (Å²) in [6.07, 6.45) is 2.99. The summed E-state index contributed by atoms with van der Waals surface area (Å²) in [4.78, 5) is 0. The van der Waals surface area contributed by atoms with Gasteiger partial charge in [0.25, 0.3) is 0 Å². The number of benzene rings is 1. The molecule has 0 aliphatic carbocycles. The van der Waals surface area contributed by atoms with E-state index in [0.29, 0.717) is 33.9 Å². The molecule has 106 valence electrons. The molecule has 1 aliphatic rings. The van der Waals surface area contributed by atoms with Gasteiger partial charge in [0.2, 0.25) is 0 Å². The molecular formula is C14H19BrFNO2. The minimum Gasteiger partial charge on any atom is -0.493 e. The molecule has 1 heterocycles. The van der Waals surface area contributed by atoms with Crippen molar-refractivity contribution in [2.45, 2.75) is 19.3 Å².